The molecule has 0 aromatic rings. The molecule has 1 N–H and O–H groups in total. The Bertz CT molecular complexity index is 251. The summed E-state index contributed by atoms with van der Waals surface area (Å²) < 4.78 is 5.84. The Kier molecular flexibility index (Phi) is 6.11. The van der Waals surface area contributed by atoms with Crippen molar-refractivity contribution in [3.05, 3.63) is 0 Å². The molecule has 0 aromatic heterocycles. The number of nitrogens with zero attached hydrogens (tertiary/aromatic N) is 1. The van der Waals surface area contributed by atoms with E-state index >= 15 is 0 Å². The molecule has 0 bridgehead atoms. The molecule has 2 aliphatic rings. The Morgan fingerprint density at radius 3 is 2.84 bits per heavy atom. The monoisotopic (exact) mass is 268 g/mol. The van der Waals surface area contributed by atoms with E-state index in [9.17, 15) is 0 Å². The maximum atomic E-state index is 5.84. The first-order chi connectivity index (χ1) is 9.19. The van der Waals surface area contributed by atoms with E-state index in [1.165, 1.54) is 38.6 Å². The summed E-state index contributed by atoms with van der Waals surface area (Å²) in [6, 6.07) is 1.40. The highest BCUT2D eigenvalue weighted by Gasteiger charge is 2.30. The quantitative estimate of drug-likeness (QED) is 0.801. The van der Waals surface area contributed by atoms with Crippen LogP contribution in [0.1, 0.15) is 52.9 Å². The van der Waals surface area contributed by atoms with Crippen LogP contribution in [0.4, 0.5) is 0 Å². The smallest absolute Gasteiger partial charge is 0.0702 e. The van der Waals surface area contributed by atoms with Gasteiger partial charge in [0.1, 0.15) is 0 Å². The van der Waals surface area contributed by atoms with E-state index in [2.05, 4.69) is 31.0 Å². The fourth-order valence-corrected chi connectivity index (χ4v) is 3.55. The largest absolute Gasteiger partial charge is 0.377 e. The van der Waals surface area contributed by atoms with Crippen molar-refractivity contribution in [1.82, 2.24) is 10.2 Å². The lowest BCUT2D eigenvalue weighted by Crippen LogP contribution is -2.58. The van der Waals surface area contributed by atoms with Crippen LogP contribution < -0.4 is 5.32 Å². The second kappa shape index (κ2) is 7.61. The first-order valence-electron chi connectivity index (χ1n) is 8.28. The SMILES string of the molecule is CCCC1CNC(CC(C)C)CN1CC1CCCO1. The molecular formula is C16H32N2O. The molecule has 2 saturated heterocycles. The van der Waals surface area contributed by atoms with Crippen LogP contribution in [-0.4, -0.2) is 49.3 Å². The third-order valence-corrected chi connectivity index (χ3v) is 4.45. The van der Waals surface area contributed by atoms with Gasteiger partial charge in [-0.1, -0.05) is 27.2 Å². The van der Waals surface area contributed by atoms with Gasteiger partial charge in [-0.15, -0.1) is 0 Å². The molecule has 3 atom stereocenters. The van der Waals surface area contributed by atoms with Crippen LogP contribution in [0.5, 0.6) is 0 Å². The van der Waals surface area contributed by atoms with Gasteiger partial charge < -0.3 is 10.1 Å². The topological polar surface area (TPSA) is 24.5 Å². The molecule has 2 rings (SSSR count). The standard InChI is InChI=1S/C16H32N2O/c1-4-6-15-10-17-14(9-13(2)3)11-18(15)12-16-7-5-8-19-16/h13-17H,4-12H2,1-3H3. The van der Waals surface area contributed by atoms with Crippen molar-refractivity contribution in [2.24, 2.45) is 5.92 Å². The highest BCUT2D eigenvalue weighted by Crippen LogP contribution is 2.20. The molecule has 2 aliphatic heterocycles. The van der Waals surface area contributed by atoms with Gasteiger partial charge in [-0.25, -0.2) is 0 Å². The van der Waals surface area contributed by atoms with Gasteiger partial charge in [-0.2, -0.15) is 0 Å². The van der Waals surface area contributed by atoms with Gasteiger partial charge in [0.05, 0.1) is 6.10 Å². The Balaban J connectivity index is 1.87. The predicted molar refractivity (Wildman–Crippen MR) is 80.5 cm³/mol. The molecule has 0 saturated carbocycles. The van der Waals surface area contributed by atoms with E-state index in [1.54, 1.807) is 0 Å². The van der Waals surface area contributed by atoms with Crippen molar-refractivity contribution in [3.8, 4) is 0 Å². The molecule has 0 amide bonds. The van der Waals surface area contributed by atoms with Crippen LogP contribution in [0.25, 0.3) is 0 Å². The van der Waals surface area contributed by atoms with Crippen molar-refractivity contribution in [1.29, 1.82) is 0 Å². The van der Waals surface area contributed by atoms with E-state index in [-0.39, 0.29) is 0 Å². The van der Waals surface area contributed by atoms with E-state index < -0.39 is 0 Å². The summed E-state index contributed by atoms with van der Waals surface area (Å²) in [4.78, 5) is 2.71. The lowest BCUT2D eigenvalue weighted by molar-refractivity contribution is 0.0348. The van der Waals surface area contributed by atoms with Crippen LogP contribution in [0.15, 0.2) is 0 Å². The zero-order valence-electron chi connectivity index (χ0n) is 13.0. The Morgan fingerprint density at radius 1 is 1.37 bits per heavy atom. The lowest BCUT2D eigenvalue weighted by atomic mass is 9.97. The molecule has 0 aliphatic carbocycles. The van der Waals surface area contributed by atoms with Crippen molar-refractivity contribution in [3.63, 3.8) is 0 Å². The summed E-state index contributed by atoms with van der Waals surface area (Å²) in [6.07, 6.45) is 6.90. The number of hydrogen-bond donors (Lipinski definition) is 1. The van der Waals surface area contributed by atoms with Crippen molar-refractivity contribution in [2.75, 3.05) is 26.2 Å². The van der Waals surface area contributed by atoms with E-state index in [0.29, 0.717) is 12.1 Å². The normalized spacial score (nSPS) is 33.2. The number of rotatable bonds is 6. The maximum Gasteiger partial charge on any atom is 0.0702 e. The molecule has 2 heterocycles. The molecule has 112 valence electrons. The number of hydrogen-bond acceptors (Lipinski definition) is 3. The third kappa shape index (κ3) is 4.73. The third-order valence-electron chi connectivity index (χ3n) is 4.45. The molecule has 0 spiro atoms. The number of ether oxygens (including phenoxy) is 1. The van der Waals surface area contributed by atoms with Gasteiger partial charge in [0.2, 0.25) is 0 Å². The zero-order valence-corrected chi connectivity index (χ0v) is 13.0. The average Bonchev–Trinajstić information content (AvgIpc) is 2.85. The van der Waals surface area contributed by atoms with Gasteiger partial charge in [-0.05, 0) is 31.6 Å². The summed E-state index contributed by atoms with van der Waals surface area (Å²) in [5, 5.41) is 3.76. The molecule has 3 heteroatoms. The van der Waals surface area contributed by atoms with E-state index in [0.717, 1.165) is 31.7 Å². The van der Waals surface area contributed by atoms with Crippen LogP contribution >= 0.6 is 0 Å². The Hall–Kier alpha value is -0.120. The molecular weight excluding hydrogens is 236 g/mol. The number of nitrogens with one attached hydrogen (secondary N) is 1. The number of piperazine rings is 1. The maximum absolute atomic E-state index is 5.84. The molecule has 19 heavy (non-hydrogen) atoms. The lowest BCUT2D eigenvalue weighted by Gasteiger charge is -2.42. The van der Waals surface area contributed by atoms with Crippen molar-refractivity contribution >= 4 is 0 Å². The van der Waals surface area contributed by atoms with Gasteiger partial charge in [0.25, 0.3) is 0 Å². The first-order valence-corrected chi connectivity index (χ1v) is 8.28. The Morgan fingerprint density at radius 2 is 2.21 bits per heavy atom. The minimum absolute atomic E-state index is 0.497. The van der Waals surface area contributed by atoms with Gasteiger partial charge in [-0.3, -0.25) is 4.90 Å². The average molecular weight is 268 g/mol. The highest BCUT2D eigenvalue weighted by molar-refractivity contribution is 4.88. The van der Waals surface area contributed by atoms with Crippen LogP contribution in [0.2, 0.25) is 0 Å². The fraction of sp³-hybridized carbons (Fsp3) is 1.00. The van der Waals surface area contributed by atoms with E-state index in [4.69, 9.17) is 4.74 Å². The minimum Gasteiger partial charge on any atom is -0.377 e. The first kappa shape index (κ1) is 15.3. The molecule has 2 fully saturated rings. The predicted octanol–water partition coefficient (Wildman–Crippen LogP) is 2.65. The highest BCUT2D eigenvalue weighted by atomic mass is 16.5. The summed E-state index contributed by atoms with van der Waals surface area (Å²) >= 11 is 0. The fourth-order valence-electron chi connectivity index (χ4n) is 3.55. The van der Waals surface area contributed by atoms with E-state index in [1.807, 2.05) is 0 Å². The van der Waals surface area contributed by atoms with Gasteiger partial charge in [0.15, 0.2) is 0 Å². The molecule has 0 radical (unpaired) electrons. The van der Waals surface area contributed by atoms with Crippen LogP contribution in [0, 0.1) is 5.92 Å². The van der Waals surface area contributed by atoms with Crippen LogP contribution in [0.3, 0.4) is 0 Å². The Labute approximate surface area is 119 Å². The minimum atomic E-state index is 0.497. The second-order valence-electron chi connectivity index (χ2n) is 6.77. The summed E-state index contributed by atoms with van der Waals surface area (Å²) in [7, 11) is 0. The summed E-state index contributed by atoms with van der Waals surface area (Å²) in [5.74, 6) is 0.782. The van der Waals surface area contributed by atoms with Gasteiger partial charge >= 0.3 is 0 Å². The molecule has 3 unspecified atom stereocenters. The summed E-state index contributed by atoms with van der Waals surface area (Å²) in [5.41, 5.74) is 0. The zero-order chi connectivity index (χ0) is 13.7. The second-order valence-corrected chi connectivity index (χ2v) is 6.77. The molecule has 0 aromatic carbocycles. The van der Waals surface area contributed by atoms with Crippen LogP contribution in [-0.2, 0) is 4.74 Å². The molecule has 3 nitrogen and oxygen atoms in total. The van der Waals surface area contributed by atoms with Gasteiger partial charge in [0, 0.05) is 38.3 Å². The van der Waals surface area contributed by atoms with Crippen molar-refractivity contribution < 1.29 is 4.74 Å². The summed E-state index contributed by atoms with van der Waals surface area (Å²) in [6.45, 7) is 11.4. The van der Waals surface area contributed by atoms with Crippen molar-refractivity contribution in [2.45, 2.75) is 71.1 Å².